The van der Waals surface area contributed by atoms with Gasteiger partial charge in [0, 0.05) is 0 Å². The van der Waals surface area contributed by atoms with Gasteiger partial charge in [-0.2, -0.15) is 0 Å². The maximum atomic E-state index is 11.2. The second-order valence-corrected chi connectivity index (χ2v) is 3.66. The molecule has 68 valence electrons. The van der Waals surface area contributed by atoms with E-state index in [2.05, 4.69) is 5.16 Å². The van der Waals surface area contributed by atoms with Gasteiger partial charge in [0.1, 0.15) is 16.9 Å². The van der Waals surface area contributed by atoms with Crippen molar-refractivity contribution in [2.24, 2.45) is 5.16 Å². The highest BCUT2D eigenvalue weighted by molar-refractivity contribution is 8.15. The SMILES string of the molecule is CCOC(=O)C1CON=C(C)S1. The Bertz CT molecular complexity index is 205. The molecule has 0 aliphatic carbocycles. The molecule has 0 aromatic rings. The van der Waals surface area contributed by atoms with E-state index in [4.69, 9.17) is 9.57 Å². The van der Waals surface area contributed by atoms with Crippen molar-refractivity contribution in [2.75, 3.05) is 13.2 Å². The standard InChI is InChI=1S/C7H11NO3S/c1-3-10-7(9)6-4-11-8-5(2)12-6/h6H,3-4H2,1-2H3. The molecule has 0 spiro atoms. The van der Waals surface area contributed by atoms with Gasteiger partial charge in [-0.3, -0.25) is 4.79 Å². The van der Waals surface area contributed by atoms with Crippen molar-refractivity contribution in [3.05, 3.63) is 0 Å². The first-order valence-electron chi connectivity index (χ1n) is 3.74. The fourth-order valence-electron chi connectivity index (χ4n) is 0.809. The summed E-state index contributed by atoms with van der Waals surface area (Å²) in [5.74, 6) is -0.225. The third kappa shape index (κ3) is 2.41. The lowest BCUT2D eigenvalue weighted by molar-refractivity contribution is -0.143. The molecule has 0 aromatic heterocycles. The minimum Gasteiger partial charge on any atom is -0.465 e. The van der Waals surface area contributed by atoms with E-state index in [1.54, 1.807) is 13.8 Å². The molecule has 0 amide bonds. The fourth-order valence-corrected chi connectivity index (χ4v) is 1.61. The Morgan fingerprint density at radius 3 is 3.25 bits per heavy atom. The average molecular weight is 189 g/mol. The summed E-state index contributed by atoms with van der Waals surface area (Å²) >= 11 is 1.38. The average Bonchev–Trinajstić information content (AvgIpc) is 2.05. The second kappa shape index (κ2) is 4.35. The normalized spacial score (nSPS) is 22.5. The van der Waals surface area contributed by atoms with Crippen LogP contribution in [0.5, 0.6) is 0 Å². The van der Waals surface area contributed by atoms with Crippen LogP contribution in [-0.4, -0.2) is 29.5 Å². The van der Waals surface area contributed by atoms with Gasteiger partial charge in [-0.25, -0.2) is 0 Å². The van der Waals surface area contributed by atoms with E-state index in [1.165, 1.54) is 11.8 Å². The molecule has 1 aliphatic rings. The maximum absolute atomic E-state index is 11.2. The van der Waals surface area contributed by atoms with Crippen LogP contribution < -0.4 is 0 Å². The highest BCUT2D eigenvalue weighted by Gasteiger charge is 2.25. The smallest absolute Gasteiger partial charge is 0.323 e. The Morgan fingerprint density at radius 2 is 2.67 bits per heavy atom. The first kappa shape index (κ1) is 9.38. The number of nitrogens with zero attached hydrogens (tertiary/aromatic N) is 1. The highest BCUT2D eigenvalue weighted by Crippen LogP contribution is 2.19. The second-order valence-electron chi connectivity index (χ2n) is 2.26. The predicted octanol–water partition coefficient (Wildman–Crippen LogP) is 1.01. The van der Waals surface area contributed by atoms with Crippen molar-refractivity contribution in [2.45, 2.75) is 19.1 Å². The lowest BCUT2D eigenvalue weighted by atomic mass is 10.4. The summed E-state index contributed by atoms with van der Waals surface area (Å²) in [7, 11) is 0. The number of carbonyl (C=O) groups excluding carboxylic acids is 1. The molecule has 0 saturated carbocycles. The summed E-state index contributed by atoms with van der Waals surface area (Å²) in [6, 6.07) is 0. The van der Waals surface area contributed by atoms with E-state index in [9.17, 15) is 4.79 Å². The summed E-state index contributed by atoms with van der Waals surface area (Å²) in [5, 5.41) is 4.21. The van der Waals surface area contributed by atoms with Crippen molar-refractivity contribution in [3.63, 3.8) is 0 Å². The lowest BCUT2D eigenvalue weighted by Crippen LogP contribution is -2.28. The maximum Gasteiger partial charge on any atom is 0.323 e. The molecule has 1 heterocycles. The molecule has 1 rings (SSSR count). The molecule has 12 heavy (non-hydrogen) atoms. The number of ether oxygens (including phenoxy) is 1. The topological polar surface area (TPSA) is 47.9 Å². The van der Waals surface area contributed by atoms with Crippen LogP contribution in [0.1, 0.15) is 13.8 Å². The predicted molar refractivity (Wildman–Crippen MR) is 47.1 cm³/mol. The Labute approximate surface area is 75.3 Å². The highest BCUT2D eigenvalue weighted by atomic mass is 32.2. The molecule has 0 aromatic carbocycles. The van der Waals surface area contributed by atoms with Crippen molar-refractivity contribution in [3.8, 4) is 0 Å². The molecule has 1 atom stereocenters. The lowest BCUT2D eigenvalue weighted by Gasteiger charge is -2.17. The van der Waals surface area contributed by atoms with Crippen LogP contribution in [0.3, 0.4) is 0 Å². The molecule has 4 nitrogen and oxygen atoms in total. The first-order chi connectivity index (χ1) is 5.74. The molecule has 0 saturated heterocycles. The third-order valence-electron chi connectivity index (χ3n) is 1.28. The summed E-state index contributed by atoms with van der Waals surface area (Å²) in [5.41, 5.74) is 0. The number of esters is 1. The number of oxime groups is 1. The number of rotatable bonds is 2. The van der Waals surface area contributed by atoms with Gasteiger partial charge in [-0.1, -0.05) is 16.9 Å². The van der Waals surface area contributed by atoms with Crippen LogP contribution >= 0.6 is 11.8 Å². The van der Waals surface area contributed by atoms with Gasteiger partial charge in [0.25, 0.3) is 0 Å². The Balaban J connectivity index is 2.43. The summed E-state index contributed by atoms with van der Waals surface area (Å²) in [6.45, 7) is 4.30. The first-order valence-corrected chi connectivity index (χ1v) is 4.62. The van der Waals surface area contributed by atoms with Crippen LogP contribution in [0, 0.1) is 0 Å². The van der Waals surface area contributed by atoms with Crippen molar-refractivity contribution in [1.29, 1.82) is 0 Å². The monoisotopic (exact) mass is 189 g/mol. The van der Waals surface area contributed by atoms with E-state index < -0.39 is 0 Å². The van der Waals surface area contributed by atoms with Crippen molar-refractivity contribution in [1.82, 2.24) is 0 Å². The number of hydrogen-bond donors (Lipinski definition) is 0. The van der Waals surface area contributed by atoms with Crippen LogP contribution in [0.4, 0.5) is 0 Å². The van der Waals surface area contributed by atoms with E-state index in [-0.39, 0.29) is 11.2 Å². The quantitative estimate of drug-likeness (QED) is 0.608. The molecule has 0 N–H and O–H groups in total. The molecule has 5 heteroatoms. The number of carbonyl (C=O) groups is 1. The Morgan fingerprint density at radius 1 is 1.92 bits per heavy atom. The summed E-state index contributed by atoms with van der Waals surface area (Å²) < 4.78 is 4.83. The van der Waals surface area contributed by atoms with Crippen LogP contribution in [0.2, 0.25) is 0 Å². The molecule has 1 aliphatic heterocycles. The van der Waals surface area contributed by atoms with Gasteiger partial charge in [-0.05, 0) is 13.8 Å². The summed E-state index contributed by atoms with van der Waals surface area (Å²) in [6.07, 6.45) is 0. The van der Waals surface area contributed by atoms with E-state index >= 15 is 0 Å². The largest absolute Gasteiger partial charge is 0.465 e. The Hall–Kier alpha value is -0.710. The zero-order valence-corrected chi connectivity index (χ0v) is 7.89. The molecule has 0 radical (unpaired) electrons. The minimum absolute atomic E-state index is 0.225. The molecular formula is C7H11NO3S. The van der Waals surface area contributed by atoms with E-state index in [0.29, 0.717) is 13.2 Å². The number of hydrogen-bond acceptors (Lipinski definition) is 5. The van der Waals surface area contributed by atoms with Crippen LogP contribution in [-0.2, 0) is 14.4 Å². The Kier molecular flexibility index (Phi) is 3.40. The summed E-state index contributed by atoms with van der Waals surface area (Å²) in [4.78, 5) is 16.0. The van der Waals surface area contributed by atoms with Gasteiger partial charge in [0.15, 0.2) is 0 Å². The van der Waals surface area contributed by atoms with Crippen LogP contribution in [0.15, 0.2) is 5.16 Å². The molecule has 1 unspecified atom stereocenters. The van der Waals surface area contributed by atoms with Gasteiger partial charge in [0.05, 0.1) is 6.61 Å². The van der Waals surface area contributed by atoms with Crippen molar-refractivity contribution >= 4 is 22.8 Å². The number of thioether (sulfide) groups is 1. The van der Waals surface area contributed by atoms with Crippen molar-refractivity contribution < 1.29 is 14.4 Å². The zero-order valence-electron chi connectivity index (χ0n) is 7.07. The molecule has 0 bridgehead atoms. The van der Waals surface area contributed by atoms with E-state index in [0.717, 1.165) is 5.04 Å². The molecular weight excluding hydrogens is 178 g/mol. The van der Waals surface area contributed by atoms with Gasteiger partial charge in [-0.15, -0.1) is 0 Å². The molecule has 0 fully saturated rings. The minimum atomic E-state index is -0.248. The van der Waals surface area contributed by atoms with Gasteiger partial charge in [0.2, 0.25) is 0 Å². The van der Waals surface area contributed by atoms with Gasteiger partial charge >= 0.3 is 5.97 Å². The van der Waals surface area contributed by atoms with Gasteiger partial charge < -0.3 is 9.57 Å². The third-order valence-corrected chi connectivity index (χ3v) is 2.31. The van der Waals surface area contributed by atoms with Crippen LogP contribution in [0.25, 0.3) is 0 Å². The fraction of sp³-hybridized carbons (Fsp3) is 0.714. The zero-order chi connectivity index (χ0) is 8.97. The van der Waals surface area contributed by atoms with E-state index in [1.807, 2.05) is 0 Å².